The minimum Gasteiger partial charge on any atom is -0.271 e. The van der Waals surface area contributed by atoms with Gasteiger partial charge in [0.2, 0.25) is 0 Å². The van der Waals surface area contributed by atoms with Crippen LogP contribution in [0.5, 0.6) is 0 Å². The molecule has 1 aromatic rings. The number of carbonyl (C=O) groups is 2. The van der Waals surface area contributed by atoms with Crippen LogP contribution in [0.25, 0.3) is 0 Å². The van der Waals surface area contributed by atoms with Crippen LogP contribution >= 0.6 is 0 Å². The monoisotopic (exact) mass is 303 g/mol. The molecule has 1 aromatic heterocycles. The van der Waals surface area contributed by atoms with Gasteiger partial charge in [-0.2, -0.15) is 5.01 Å². The maximum Gasteiger partial charge on any atom is 0.280 e. The van der Waals surface area contributed by atoms with Crippen molar-refractivity contribution in [2.45, 2.75) is 6.42 Å². The van der Waals surface area contributed by atoms with E-state index in [1.165, 1.54) is 0 Å². The maximum atomic E-state index is 12.6. The number of anilines is 1. The zero-order valence-electron chi connectivity index (χ0n) is 12.2. The van der Waals surface area contributed by atoms with Crippen molar-refractivity contribution in [2.75, 3.05) is 5.43 Å². The van der Waals surface area contributed by atoms with Crippen molar-refractivity contribution in [1.29, 1.82) is 0 Å². The normalized spacial score (nSPS) is 19.2. The number of hydrogen-bond acceptors (Lipinski definition) is 4. The van der Waals surface area contributed by atoms with E-state index >= 15 is 0 Å². The summed E-state index contributed by atoms with van der Waals surface area (Å²) in [4.78, 5) is 29.3. The third kappa shape index (κ3) is 2.32. The molecule has 1 N–H and O–H groups in total. The molecule has 1 aliphatic heterocycles. The maximum absolute atomic E-state index is 12.6. The summed E-state index contributed by atoms with van der Waals surface area (Å²) in [6.07, 6.45) is 13.7. The fourth-order valence-electron chi connectivity index (χ4n) is 2.77. The first-order valence-corrected chi connectivity index (χ1v) is 7.29. The van der Waals surface area contributed by atoms with Crippen molar-refractivity contribution in [1.82, 2.24) is 9.99 Å². The molecule has 2 heterocycles. The molecule has 1 fully saturated rings. The minimum atomic E-state index is -0.358. The number of rotatable bonds is 2. The van der Waals surface area contributed by atoms with Crippen molar-refractivity contribution in [3.8, 4) is 0 Å². The third-order valence-corrected chi connectivity index (χ3v) is 3.85. The van der Waals surface area contributed by atoms with Gasteiger partial charge in [0.25, 0.3) is 11.8 Å². The summed E-state index contributed by atoms with van der Waals surface area (Å²) < 4.78 is 0. The van der Waals surface area contributed by atoms with Crippen molar-refractivity contribution in [3.63, 3.8) is 0 Å². The lowest BCUT2D eigenvalue weighted by molar-refractivity contribution is -0.134. The SMILES string of the molecule is O=C1C2=CC3=CC=CC=C(C=C2C(=O)N1Nc1ccccn1)C3. The molecule has 0 radical (unpaired) electrons. The first-order chi connectivity index (χ1) is 11.2. The van der Waals surface area contributed by atoms with Crippen LogP contribution in [0.15, 0.2) is 83.1 Å². The predicted octanol–water partition coefficient (Wildman–Crippen LogP) is 2.46. The fraction of sp³-hybridized carbons (Fsp3) is 0.0556. The Balaban J connectivity index is 1.74. The number of fused-ring (bicyclic) bond motifs is 3. The average Bonchev–Trinajstić information content (AvgIpc) is 2.81. The number of allylic oxidation sites excluding steroid dienone is 8. The molecule has 0 atom stereocenters. The molecule has 0 unspecified atom stereocenters. The van der Waals surface area contributed by atoms with E-state index in [9.17, 15) is 9.59 Å². The molecule has 23 heavy (non-hydrogen) atoms. The molecule has 2 amide bonds. The molecular weight excluding hydrogens is 290 g/mol. The zero-order valence-corrected chi connectivity index (χ0v) is 12.2. The van der Waals surface area contributed by atoms with E-state index in [0.717, 1.165) is 16.2 Å². The summed E-state index contributed by atoms with van der Waals surface area (Å²) in [5.74, 6) is -0.267. The first-order valence-electron chi connectivity index (χ1n) is 7.29. The molecule has 2 bridgehead atoms. The Hall–Kier alpha value is -3.21. The second kappa shape index (κ2) is 5.21. The average molecular weight is 303 g/mol. The third-order valence-electron chi connectivity index (χ3n) is 3.85. The van der Waals surface area contributed by atoms with Gasteiger partial charge in [-0.15, -0.1) is 0 Å². The molecular formula is C18H13N3O2. The number of hydrazine groups is 1. The number of aromatic nitrogens is 1. The number of nitrogens with zero attached hydrogens (tertiary/aromatic N) is 2. The molecule has 0 saturated carbocycles. The highest BCUT2D eigenvalue weighted by atomic mass is 16.2. The standard InChI is InChI=1S/C18H13N3O2/c22-17-14-10-12-5-1-2-6-13(9-12)11-15(14)18(23)21(17)20-16-7-3-4-8-19-16/h1-8,10-11H,9H2,(H,19,20). The Morgan fingerprint density at radius 2 is 1.61 bits per heavy atom. The summed E-state index contributed by atoms with van der Waals surface area (Å²) in [6, 6.07) is 5.25. The largest absolute Gasteiger partial charge is 0.280 e. The smallest absolute Gasteiger partial charge is 0.271 e. The van der Waals surface area contributed by atoms with Gasteiger partial charge < -0.3 is 0 Å². The lowest BCUT2D eigenvalue weighted by atomic mass is 10.1. The molecule has 3 aliphatic rings. The second-order valence-corrected chi connectivity index (χ2v) is 5.43. The Labute approximate surface area is 133 Å². The quantitative estimate of drug-likeness (QED) is 0.853. The highest BCUT2D eigenvalue weighted by Crippen LogP contribution is 2.33. The molecule has 1 saturated heterocycles. The van der Waals surface area contributed by atoms with Gasteiger partial charge in [0.15, 0.2) is 0 Å². The highest BCUT2D eigenvalue weighted by molar-refractivity contribution is 6.25. The Morgan fingerprint density at radius 3 is 2.17 bits per heavy atom. The number of amides is 2. The van der Waals surface area contributed by atoms with Crippen molar-refractivity contribution in [3.05, 3.63) is 83.1 Å². The summed E-state index contributed by atoms with van der Waals surface area (Å²) in [7, 11) is 0. The van der Waals surface area contributed by atoms with Crippen molar-refractivity contribution in [2.24, 2.45) is 0 Å². The summed E-state index contributed by atoms with van der Waals surface area (Å²) in [5.41, 5.74) is 5.64. The van der Waals surface area contributed by atoms with Crippen molar-refractivity contribution >= 4 is 17.6 Å². The zero-order chi connectivity index (χ0) is 15.8. The van der Waals surface area contributed by atoms with Crippen LogP contribution in [0.4, 0.5) is 5.82 Å². The van der Waals surface area contributed by atoms with Crippen LogP contribution < -0.4 is 5.43 Å². The number of imide groups is 1. The van der Waals surface area contributed by atoms with E-state index in [0.29, 0.717) is 23.4 Å². The fourth-order valence-corrected chi connectivity index (χ4v) is 2.77. The van der Waals surface area contributed by atoms with E-state index in [4.69, 9.17) is 0 Å². The highest BCUT2D eigenvalue weighted by Gasteiger charge is 2.40. The lowest BCUT2D eigenvalue weighted by Crippen LogP contribution is -2.35. The molecule has 4 rings (SSSR count). The van der Waals surface area contributed by atoms with Gasteiger partial charge in [-0.05, 0) is 41.9 Å². The van der Waals surface area contributed by atoms with Gasteiger partial charge in [-0.25, -0.2) is 4.98 Å². The number of nitrogens with one attached hydrogen (secondary N) is 1. The number of hydrogen-bond donors (Lipinski definition) is 1. The van der Waals surface area contributed by atoms with Crippen LogP contribution in [-0.2, 0) is 9.59 Å². The number of pyridine rings is 1. The van der Waals surface area contributed by atoms with Crippen LogP contribution in [0.2, 0.25) is 0 Å². The molecule has 0 aromatic carbocycles. The Bertz CT molecular complexity index is 808. The molecule has 0 spiro atoms. The predicted molar refractivity (Wildman–Crippen MR) is 85.8 cm³/mol. The van der Waals surface area contributed by atoms with Crippen LogP contribution in [0.1, 0.15) is 6.42 Å². The topological polar surface area (TPSA) is 62.3 Å². The van der Waals surface area contributed by atoms with Gasteiger partial charge in [0.05, 0.1) is 11.1 Å². The molecule has 2 aliphatic carbocycles. The van der Waals surface area contributed by atoms with E-state index in [-0.39, 0.29) is 11.8 Å². The summed E-state index contributed by atoms with van der Waals surface area (Å²) in [6.45, 7) is 0. The van der Waals surface area contributed by atoms with E-state index < -0.39 is 0 Å². The lowest BCUT2D eigenvalue weighted by Gasteiger charge is -2.14. The summed E-state index contributed by atoms with van der Waals surface area (Å²) in [5, 5.41) is 1.02. The van der Waals surface area contributed by atoms with Gasteiger partial charge >= 0.3 is 0 Å². The van der Waals surface area contributed by atoms with Crippen LogP contribution in [0, 0.1) is 0 Å². The van der Waals surface area contributed by atoms with Gasteiger partial charge in [-0.3, -0.25) is 15.0 Å². The second-order valence-electron chi connectivity index (χ2n) is 5.43. The van der Waals surface area contributed by atoms with Crippen LogP contribution in [0.3, 0.4) is 0 Å². The van der Waals surface area contributed by atoms with Crippen LogP contribution in [-0.4, -0.2) is 21.8 Å². The molecule has 112 valence electrons. The minimum absolute atomic E-state index is 0.358. The van der Waals surface area contributed by atoms with Gasteiger partial charge in [0.1, 0.15) is 5.82 Å². The van der Waals surface area contributed by atoms with Gasteiger partial charge in [-0.1, -0.05) is 30.4 Å². The number of carbonyl (C=O) groups excluding carboxylic acids is 2. The van der Waals surface area contributed by atoms with E-state index in [1.807, 2.05) is 24.3 Å². The molecule has 5 heteroatoms. The van der Waals surface area contributed by atoms with E-state index in [1.54, 1.807) is 36.5 Å². The Morgan fingerprint density at radius 1 is 0.957 bits per heavy atom. The van der Waals surface area contributed by atoms with Gasteiger partial charge in [0, 0.05) is 6.20 Å². The van der Waals surface area contributed by atoms with E-state index in [2.05, 4.69) is 10.4 Å². The summed E-state index contributed by atoms with van der Waals surface area (Å²) >= 11 is 0. The molecule has 5 nitrogen and oxygen atoms in total. The van der Waals surface area contributed by atoms with Crippen molar-refractivity contribution < 1.29 is 9.59 Å². The first kappa shape index (κ1) is 13.5. The Kier molecular flexibility index (Phi) is 3.05.